The molecule has 1 atom stereocenters. The summed E-state index contributed by atoms with van der Waals surface area (Å²) < 4.78 is 53.1. The highest BCUT2D eigenvalue weighted by atomic mass is 79.9. The first-order chi connectivity index (χ1) is 9.40. The maximum Gasteiger partial charge on any atom is 0.243 e. The summed E-state index contributed by atoms with van der Waals surface area (Å²) in [7, 11) is -3.98. The Morgan fingerprint density at radius 2 is 2.05 bits per heavy atom. The second-order valence-corrected chi connectivity index (χ2v) is 7.35. The van der Waals surface area contributed by atoms with Crippen LogP contribution < -0.4 is 10.0 Å². The van der Waals surface area contributed by atoms with Crippen molar-refractivity contribution in [2.45, 2.75) is 17.7 Å². The molecule has 1 aromatic carbocycles. The highest BCUT2D eigenvalue weighted by Gasteiger charge is 2.23. The quantitative estimate of drug-likeness (QED) is 0.757. The highest BCUT2D eigenvalue weighted by molar-refractivity contribution is 9.10. The van der Waals surface area contributed by atoms with Gasteiger partial charge in [0.1, 0.15) is 16.5 Å². The van der Waals surface area contributed by atoms with E-state index in [1.807, 2.05) is 0 Å². The molecule has 2 rings (SSSR count). The first-order valence-electron chi connectivity index (χ1n) is 6.25. The van der Waals surface area contributed by atoms with Gasteiger partial charge in [-0.15, -0.1) is 12.4 Å². The largest absolute Gasteiger partial charge is 0.316 e. The first-order valence-corrected chi connectivity index (χ1v) is 8.52. The van der Waals surface area contributed by atoms with Crippen LogP contribution in [0.5, 0.6) is 0 Å². The molecule has 1 saturated heterocycles. The van der Waals surface area contributed by atoms with Gasteiger partial charge >= 0.3 is 0 Å². The number of hydrogen-bond acceptors (Lipinski definition) is 3. The van der Waals surface area contributed by atoms with E-state index in [4.69, 9.17) is 0 Å². The van der Waals surface area contributed by atoms with E-state index < -0.39 is 26.6 Å². The zero-order valence-electron chi connectivity index (χ0n) is 11.0. The predicted molar refractivity (Wildman–Crippen MR) is 82.1 cm³/mol. The van der Waals surface area contributed by atoms with Crippen LogP contribution in [0.1, 0.15) is 12.8 Å². The Morgan fingerprint density at radius 3 is 2.67 bits per heavy atom. The molecule has 0 saturated carbocycles. The lowest BCUT2D eigenvalue weighted by Crippen LogP contribution is -2.38. The topological polar surface area (TPSA) is 58.2 Å². The van der Waals surface area contributed by atoms with Crippen LogP contribution in [0, 0.1) is 17.6 Å². The molecule has 0 radical (unpaired) electrons. The molecule has 1 aromatic rings. The summed E-state index contributed by atoms with van der Waals surface area (Å²) in [6.07, 6.45) is 1.91. The average molecular weight is 406 g/mol. The van der Waals surface area contributed by atoms with Gasteiger partial charge in [0, 0.05) is 12.6 Å². The number of piperidine rings is 1. The van der Waals surface area contributed by atoms with Crippen molar-refractivity contribution in [2.24, 2.45) is 5.92 Å². The van der Waals surface area contributed by atoms with Gasteiger partial charge in [0.15, 0.2) is 0 Å². The van der Waals surface area contributed by atoms with Crippen LogP contribution in [-0.2, 0) is 10.0 Å². The van der Waals surface area contributed by atoms with E-state index >= 15 is 0 Å². The van der Waals surface area contributed by atoms with E-state index in [0.29, 0.717) is 6.07 Å². The fourth-order valence-electron chi connectivity index (χ4n) is 2.11. The van der Waals surface area contributed by atoms with Crippen LogP contribution in [0.4, 0.5) is 8.78 Å². The van der Waals surface area contributed by atoms with Crippen LogP contribution >= 0.6 is 28.3 Å². The van der Waals surface area contributed by atoms with Crippen molar-refractivity contribution in [3.05, 3.63) is 28.2 Å². The molecule has 1 heterocycles. The fraction of sp³-hybridized carbons (Fsp3) is 0.500. The Kier molecular flexibility index (Phi) is 6.99. The van der Waals surface area contributed by atoms with Crippen molar-refractivity contribution in [1.29, 1.82) is 0 Å². The number of halogens is 4. The van der Waals surface area contributed by atoms with Gasteiger partial charge in [-0.25, -0.2) is 21.9 Å². The zero-order chi connectivity index (χ0) is 14.8. The minimum atomic E-state index is -3.98. The second-order valence-electron chi connectivity index (χ2n) is 4.76. The molecule has 0 bridgehead atoms. The Morgan fingerprint density at radius 1 is 1.33 bits per heavy atom. The van der Waals surface area contributed by atoms with E-state index in [1.165, 1.54) is 0 Å². The Labute approximate surface area is 137 Å². The molecule has 0 aromatic heterocycles. The van der Waals surface area contributed by atoms with Crippen molar-refractivity contribution < 1.29 is 17.2 Å². The van der Waals surface area contributed by atoms with Crippen molar-refractivity contribution >= 4 is 38.4 Å². The van der Waals surface area contributed by atoms with Crippen molar-refractivity contribution in [2.75, 3.05) is 19.6 Å². The molecular weight excluding hydrogens is 390 g/mol. The third kappa shape index (κ3) is 4.85. The lowest BCUT2D eigenvalue weighted by atomic mass is 10.0. The molecule has 21 heavy (non-hydrogen) atoms. The Hall–Kier alpha value is -0.280. The number of benzene rings is 1. The van der Waals surface area contributed by atoms with Crippen molar-refractivity contribution in [3.63, 3.8) is 0 Å². The third-order valence-corrected chi connectivity index (χ3v) is 5.27. The van der Waals surface area contributed by atoms with E-state index in [0.717, 1.165) is 32.0 Å². The summed E-state index contributed by atoms with van der Waals surface area (Å²) in [6, 6.07) is 1.49. The van der Waals surface area contributed by atoms with Crippen LogP contribution in [0.25, 0.3) is 0 Å². The Balaban J connectivity index is 0.00000220. The normalized spacial score (nSPS) is 19.1. The van der Waals surface area contributed by atoms with E-state index in [-0.39, 0.29) is 29.3 Å². The maximum atomic E-state index is 13.6. The van der Waals surface area contributed by atoms with Gasteiger partial charge in [0.2, 0.25) is 10.0 Å². The predicted octanol–water partition coefficient (Wildman–Crippen LogP) is 2.43. The first kappa shape index (κ1) is 18.8. The van der Waals surface area contributed by atoms with Crippen LogP contribution in [0.15, 0.2) is 21.5 Å². The van der Waals surface area contributed by atoms with Gasteiger partial charge in [0.05, 0.1) is 4.47 Å². The number of hydrogen-bond donors (Lipinski definition) is 2. The van der Waals surface area contributed by atoms with Gasteiger partial charge in [-0.2, -0.15) is 0 Å². The molecule has 1 fully saturated rings. The van der Waals surface area contributed by atoms with E-state index in [9.17, 15) is 17.2 Å². The standard InChI is InChI=1S/C12H15BrF2N2O2S.ClH/c13-9-4-12(11(15)5-10(9)14)20(18,19)17-7-8-2-1-3-16-6-8;/h4-5,8,16-17H,1-3,6-7H2;1H/t8-;/m0./s1. The molecular formula is C12H16BrClF2N2O2S. The lowest BCUT2D eigenvalue weighted by molar-refractivity contribution is 0.375. The van der Waals surface area contributed by atoms with Gasteiger partial charge in [-0.1, -0.05) is 0 Å². The summed E-state index contributed by atoms with van der Waals surface area (Å²) >= 11 is 2.86. The molecule has 0 unspecified atom stereocenters. The monoisotopic (exact) mass is 404 g/mol. The number of nitrogens with one attached hydrogen (secondary N) is 2. The zero-order valence-corrected chi connectivity index (χ0v) is 14.3. The van der Waals surface area contributed by atoms with Gasteiger partial charge in [-0.05, 0) is 53.8 Å². The lowest BCUT2D eigenvalue weighted by Gasteiger charge is -2.22. The third-order valence-electron chi connectivity index (χ3n) is 3.23. The summed E-state index contributed by atoms with van der Waals surface area (Å²) in [5.74, 6) is -1.75. The SMILES string of the molecule is Cl.O=S(=O)(NC[C@H]1CCCNC1)c1cc(Br)c(F)cc1F. The highest BCUT2D eigenvalue weighted by Crippen LogP contribution is 2.23. The van der Waals surface area contributed by atoms with Crippen molar-refractivity contribution in [1.82, 2.24) is 10.0 Å². The average Bonchev–Trinajstić information content (AvgIpc) is 2.42. The fourth-order valence-corrected chi connectivity index (χ4v) is 3.81. The summed E-state index contributed by atoms with van der Waals surface area (Å²) in [4.78, 5) is -0.547. The maximum absolute atomic E-state index is 13.6. The van der Waals surface area contributed by atoms with E-state index in [2.05, 4.69) is 26.0 Å². The summed E-state index contributed by atoms with van der Waals surface area (Å²) in [6.45, 7) is 1.91. The molecule has 120 valence electrons. The van der Waals surface area contributed by atoms with Gasteiger partial charge < -0.3 is 5.32 Å². The van der Waals surface area contributed by atoms with Crippen LogP contribution in [-0.4, -0.2) is 28.1 Å². The smallest absolute Gasteiger partial charge is 0.243 e. The molecule has 1 aliphatic rings. The molecule has 4 nitrogen and oxygen atoms in total. The number of rotatable bonds is 4. The summed E-state index contributed by atoms with van der Waals surface area (Å²) in [5, 5.41) is 3.17. The second kappa shape index (κ2) is 7.82. The van der Waals surface area contributed by atoms with Gasteiger partial charge in [-0.3, -0.25) is 0 Å². The van der Waals surface area contributed by atoms with Crippen molar-refractivity contribution in [3.8, 4) is 0 Å². The molecule has 9 heteroatoms. The molecule has 2 N–H and O–H groups in total. The molecule has 0 spiro atoms. The molecule has 0 amide bonds. The number of sulfonamides is 1. The molecule has 0 aliphatic carbocycles. The minimum Gasteiger partial charge on any atom is -0.316 e. The van der Waals surface area contributed by atoms with Crippen LogP contribution in [0.3, 0.4) is 0 Å². The molecule has 1 aliphatic heterocycles. The minimum absolute atomic E-state index is 0. The van der Waals surface area contributed by atoms with Gasteiger partial charge in [0.25, 0.3) is 0 Å². The Bertz CT molecular complexity index is 595. The van der Waals surface area contributed by atoms with Crippen LogP contribution in [0.2, 0.25) is 0 Å². The summed E-state index contributed by atoms with van der Waals surface area (Å²) in [5.41, 5.74) is 0. The van der Waals surface area contributed by atoms with E-state index in [1.54, 1.807) is 0 Å².